The molecule has 2 aromatic rings. The lowest BCUT2D eigenvalue weighted by atomic mass is 9.92. The number of aromatic nitrogens is 2. The molecule has 0 aliphatic carbocycles. The van der Waals surface area contributed by atoms with Gasteiger partial charge in [-0.3, -0.25) is 14.8 Å². The van der Waals surface area contributed by atoms with Crippen molar-refractivity contribution >= 4 is 16.8 Å². The third-order valence-corrected chi connectivity index (χ3v) is 3.61. The van der Waals surface area contributed by atoms with Crippen LogP contribution in [0.5, 0.6) is 0 Å². The highest BCUT2D eigenvalue weighted by atomic mass is 16.5. The number of fused-ring (bicyclic) bond motifs is 1. The van der Waals surface area contributed by atoms with Gasteiger partial charge in [0.05, 0.1) is 11.0 Å². The van der Waals surface area contributed by atoms with Gasteiger partial charge in [0.25, 0.3) is 0 Å². The minimum absolute atomic E-state index is 0.194. The number of benzene rings is 1. The Morgan fingerprint density at radius 2 is 1.89 bits per heavy atom. The number of ether oxygens (including phenoxy) is 1. The van der Waals surface area contributed by atoms with E-state index in [-0.39, 0.29) is 5.78 Å². The summed E-state index contributed by atoms with van der Waals surface area (Å²) < 4.78 is 5.32. The molecule has 2 heterocycles. The van der Waals surface area contributed by atoms with Crippen LogP contribution >= 0.6 is 0 Å². The quantitative estimate of drug-likeness (QED) is 0.792. The Morgan fingerprint density at radius 1 is 1.16 bits per heavy atom. The molecule has 0 N–H and O–H groups in total. The fourth-order valence-electron chi connectivity index (χ4n) is 2.47. The van der Waals surface area contributed by atoms with Crippen LogP contribution in [-0.2, 0) is 4.74 Å². The maximum absolute atomic E-state index is 12.3. The second kappa shape index (κ2) is 5.45. The molecule has 98 valence electrons. The van der Waals surface area contributed by atoms with Crippen molar-refractivity contribution in [2.45, 2.75) is 19.3 Å². The van der Waals surface area contributed by atoms with Crippen LogP contribution in [0.25, 0.3) is 11.0 Å². The summed E-state index contributed by atoms with van der Waals surface area (Å²) in [4.78, 5) is 20.7. The molecule has 1 saturated heterocycles. The predicted octanol–water partition coefficient (Wildman–Crippen LogP) is 2.63. The first-order valence-corrected chi connectivity index (χ1v) is 6.64. The molecule has 0 spiro atoms. The van der Waals surface area contributed by atoms with Crippen molar-refractivity contribution in [2.24, 2.45) is 5.92 Å². The van der Waals surface area contributed by atoms with E-state index in [9.17, 15) is 4.79 Å². The van der Waals surface area contributed by atoms with Crippen LogP contribution in [0.4, 0.5) is 0 Å². The van der Waals surface area contributed by atoms with Crippen molar-refractivity contribution in [3.05, 3.63) is 36.2 Å². The number of carbonyl (C=O) groups excluding carboxylic acids is 1. The fraction of sp³-hybridized carbons (Fsp3) is 0.400. The first kappa shape index (κ1) is 12.2. The molecule has 3 rings (SSSR count). The molecule has 19 heavy (non-hydrogen) atoms. The van der Waals surface area contributed by atoms with E-state index in [1.54, 1.807) is 12.4 Å². The molecule has 0 bridgehead atoms. The molecule has 1 aromatic heterocycles. The van der Waals surface area contributed by atoms with E-state index in [4.69, 9.17) is 4.74 Å². The van der Waals surface area contributed by atoms with Gasteiger partial charge in [-0.25, -0.2) is 0 Å². The Kier molecular flexibility index (Phi) is 3.51. The van der Waals surface area contributed by atoms with Gasteiger partial charge in [0.1, 0.15) is 0 Å². The molecule has 0 saturated carbocycles. The van der Waals surface area contributed by atoms with Gasteiger partial charge in [0, 0.05) is 37.6 Å². The van der Waals surface area contributed by atoms with Crippen molar-refractivity contribution < 1.29 is 9.53 Å². The van der Waals surface area contributed by atoms with Gasteiger partial charge in [-0.15, -0.1) is 0 Å². The van der Waals surface area contributed by atoms with E-state index < -0.39 is 0 Å². The number of rotatable bonds is 3. The van der Waals surface area contributed by atoms with Crippen molar-refractivity contribution in [1.82, 2.24) is 9.97 Å². The maximum Gasteiger partial charge on any atom is 0.163 e. The minimum atomic E-state index is 0.194. The lowest BCUT2D eigenvalue weighted by Crippen LogP contribution is -2.18. The molecule has 1 aromatic carbocycles. The summed E-state index contributed by atoms with van der Waals surface area (Å²) in [6.07, 6.45) is 5.88. The zero-order valence-electron chi connectivity index (χ0n) is 10.7. The Bertz CT molecular complexity index is 591. The second-order valence-corrected chi connectivity index (χ2v) is 4.94. The van der Waals surface area contributed by atoms with Gasteiger partial charge in [-0.1, -0.05) is 0 Å². The normalized spacial score (nSPS) is 16.6. The van der Waals surface area contributed by atoms with Crippen LogP contribution < -0.4 is 0 Å². The molecule has 0 amide bonds. The summed E-state index contributed by atoms with van der Waals surface area (Å²) in [5.74, 6) is 0.651. The summed E-state index contributed by atoms with van der Waals surface area (Å²) in [6, 6.07) is 5.54. The molecular weight excluding hydrogens is 240 g/mol. The van der Waals surface area contributed by atoms with E-state index >= 15 is 0 Å². The third kappa shape index (κ3) is 2.79. The highest BCUT2D eigenvalue weighted by molar-refractivity contribution is 5.98. The Labute approximate surface area is 111 Å². The minimum Gasteiger partial charge on any atom is -0.381 e. The summed E-state index contributed by atoms with van der Waals surface area (Å²) in [7, 11) is 0. The van der Waals surface area contributed by atoms with Crippen LogP contribution in [0.3, 0.4) is 0 Å². The zero-order valence-corrected chi connectivity index (χ0v) is 10.7. The monoisotopic (exact) mass is 256 g/mol. The van der Waals surface area contributed by atoms with E-state index in [0.29, 0.717) is 12.3 Å². The highest BCUT2D eigenvalue weighted by Gasteiger charge is 2.18. The highest BCUT2D eigenvalue weighted by Crippen LogP contribution is 2.21. The molecule has 0 unspecified atom stereocenters. The van der Waals surface area contributed by atoms with Crippen LogP contribution in [0.15, 0.2) is 30.6 Å². The second-order valence-electron chi connectivity index (χ2n) is 4.94. The standard InChI is InChI=1S/C15H16N2O2/c18-15(9-11-3-7-19-8-4-11)12-1-2-13-14(10-12)17-6-5-16-13/h1-2,5-6,10-11H,3-4,7-9H2. The number of hydrogen-bond donors (Lipinski definition) is 0. The van der Waals surface area contributed by atoms with E-state index in [0.717, 1.165) is 42.7 Å². The Hall–Kier alpha value is -1.81. The Balaban J connectivity index is 1.77. The van der Waals surface area contributed by atoms with E-state index in [1.807, 2.05) is 18.2 Å². The molecule has 0 atom stereocenters. The van der Waals surface area contributed by atoms with Crippen molar-refractivity contribution in [2.75, 3.05) is 13.2 Å². The number of Topliss-reactive ketones (excluding diaryl/α,β-unsaturated/α-hetero) is 1. The first-order chi connectivity index (χ1) is 9.33. The maximum atomic E-state index is 12.3. The molecule has 1 fully saturated rings. The largest absolute Gasteiger partial charge is 0.381 e. The SMILES string of the molecule is O=C(CC1CCOCC1)c1ccc2nccnc2c1. The Morgan fingerprint density at radius 3 is 2.68 bits per heavy atom. The van der Waals surface area contributed by atoms with Gasteiger partial charge >= 0.3 is 0 Å². The lowest BCUT2D eigenvalue weighted by Gasteiger charge is -2.21. The molecule has 0 radical (unpaired) electrons. The zero-order chi connectivity index (χ0) is 13.1. The smallest absolute Gasteiger partial charge is 0.163 e. The third-order valence-electron chi connectivity index (χ3n) is 3.61. The van der Waals surface area contributed by atoms with Crippen LogP contribution in [0.1, 0.15) is 29.6 Å². The van der Waals surface area contributed by atoms with Gasteiger partial charge in [0.15, 0.2) is 5.78 Å². The molecule has 1 aliphatic rings. The van der Waals surface area contributed by atoms with Crippen LogP contribution in [0, 0.1) is 5.92 Å². The molecule has 1 aliphatic heterocycles. The fourth-order valence-corrected chi connectivity index (χ4v) is 2.47. The van der Waals surface area contributed by atoms with Gasteiger partial charge in [-0.2, -0.15) is 0 Å². The first-order valence-electron chi connectivity index (χ1n) is 6.64. The number of carbonyl (C=O) groups is 1. The lowest BCUT2D eigenvalue weighted by molar-refractivity contribution is 0.0601. The molecular formula is C15H16N2O2. The number of hydrogen-bond acceptors (Lipinski definition) is 4. The topological polar surface area (TPSA) is 52.1 Å². The predicted molar refractivity (Wildman–Crippen MR) is 72.0 cm³/mol. The number of nitrogens with zero attached hydrogens (tertiary/aromatic N) is 2. The van der Waals surface area contributed by atoms with E-state index in [2.05, 4.69) is 9.97 Å². The molecule has 4 nitrogen and oxygen atoms in total. The van der Waals surface area contributed by atoms with Crippen LogP contribution in [-0.4, -0.2) is 29.0 Å². The summed E-state index contributed by atoms with van der Waals surface area (Å²) in [5, 5.41) is 0. The van der Waals surface area contributed by atoms with Gasteiger partial charge in [0.2, 0.25) is 0 Å². The average Bonchev–Trinajstić information content (AvgIpc) is 2.48. The van der Waals surface area contributed by atoms with Crippen molar-refractivity contribution in [3.8, 4) is 0 Å². The number of ketones is 1. The molecule has 4 heteroatoms. The van der Waals surface area contributed by atoms with Crippen LogP contribution in [0.2, 0.25) is 0 Å². The summed E-state index contributed by atoms with van der Waals surface area (Å²) in [5.41, 5.74) is 2.34. The summed E-state index contributed by atoms with van der Waals surface area (Å²) >= 11 is 0. The van der Waals surface area contributed by atoms with E-state index in [1.165, 1.54) is 0 Å². The van der Waals surface area contributed by atoms with Gasteiger partial charge in [-0.05, 0) is 37.0 Å². The van der Waals surface area contributed by atoms with Crippen molar-refractivity contribution in [3.63, 3.8) is 0 Å². The average molecular weight is 256 g/mol. The van der Waals surface area contributed by atoms with Gasteiger partial charge < -0.3 is 4.74 Å². The van der Waals surface area contributed by atoms with Crippen molar-refractivity contribution in [1.29, 1.82) is 0 Å². The summed E-state index contributed by atoms with van der Waals surface area (Å²) in [6.45, 7) is 1.56.